The summed E-state index contributed by atoms with van der Waals surface area (Å²) < 4.78 is 39.2. The number of nitrogens with zero attached hydrogens (tertiary/aromatic N) is 2. The van der Waals surface area contributed by atoms with Crippen molar-refractivity contribution in [3.05, 3.63) is 34.7 Å². The van der Waals surface area contributed by atoms with Crippen molar-refractivity contribution in [3.8, 4) is 0 Å². The summed E-state index contributed by atoms with van der Waals surface area (Å²) in [4.78, 5) is 3.84. The molecule has 2 rings (SSSR count). The lowest BCUT2D eigenvalue weighted by Crippen LogP contribution is -2.15. The number of rotatable bonds is 1. The van der Waals surface area contributed by atoms with Crippen LogP contribution in [0.3, 0.4) is 0 Å². The van der Waals surface area contributed by atoms with E-state index in [4.69, 9.17) is 11.6 Å². The van der Waals surface area contributed by atoms with Gasteiger partial charge in [0, 0.05) is 12.4 Å². The maximum Gasteiger partial charge on any atom is 0.410 e. The van der Waals surface area contributed by atoms with Gasteiger partial charge in [0.05, 0.1) is 10.2 Å². The first-order valence-electron chi connectivity index (χ1n) is 4.23. The summed E-state index contributed by atoms with van der Waals surface area (Å²) in [5.41, 5.74) is 0.202. The second-order valence-electron chi connectivity index (χ2n) is 3.16. The van der Waals surface area contributed by atoms with Crippen LogP contribution in [0.2, 0.25) is 0 Å². The highest BCUT2D eigenvalue weighted by Gasteiger charge is 2.41. The monoisotopic (exact) mass is 312 g/mol. The third-order valence-electron chi connectivity index (χ3n) is 2.00. The van der Waals surface area contributed by atoms with Crippen LogP contribution in [-0.4, -0.2) is 15.6 Å². The van der Waals surface area contributed by atoms with Crippen LogP contribution in [0.25, 0.3) is 5.65 Å². The minimum absolute atomic E-state index is 0.207. The molecule has 1 atom stereocenters. The molecular weight excluding hydrogens is 308 g/mol. The molecule has 2 aromatic rings. The number of alkyl halides is 4. The van der Waals surface area contributed by atoms with Gasteiger partial charge in [-0.3, -0.25) is 0 Å². The summed E-state index contributed by atoms with van der Waals surface area (Å²) in [5.74, 6) is 0. The molecule has 0 aliphatic rings. The second-order valence-corrected chi connectivity index (χ2v) is 4.45. The Bertz CT molecular complexity index is 523. The number of aromatic nitrogens is 2. The number of fused-ring (bicyclic) bond motifs is 1. The molecule has 7 heteroatoms. The molecule has 0 aliphatic heterocycles. The van der Waals surface area contributed by atoms with Crippen LogP contribution in [0.5, 0.6) is 0 Å². The van der Waals surface area contributed by atoms with Crippen LogP contribution in [0.4, 0.5) is 13.2 Å². The van der Waals surface area contributed by atoms with E-state index in [1.807, 2.05) is 0 Å². The van der Waals surface area contributed by atoms with Gasteiger partial charge < -0.3 is 4.40 Å². The highest BCUT2D eigenvalue weighted by molar-refractivity contribution is 9.10. The van der Waals surface area contributed by atoms with Gasteiger partial charge in [0.1, 0.15) is 0 Å². The second kappa shape index (κ2) is 3.92. The van der Waals surface area contributed by atoms with Crippen molar-refractivity contribution in [2.24, 2.45) is 0 Å². The van der Waals surface area contributed by atoms with Crippen molar-refractivity contribution in [1.29, 1.82) is 0 Å². The quantitative estimate of drug-likeness (QED) is 0.729. The van der Waals surface area contributed by atoms with Crippen molar-refractivity contribution < 1.29 is 13.2 Å². The minimum Gasteiger partial charge on any atom is -0.306 e. The topological polar surface area (TPSA) is 17.3 Å². The van der Waals surface area contributed by atoms with Gasteiger partial charge in [-0.15, -0.1) is 11.6 Å². The maximum atomic E-state index is 12.4. The molecule has 0 aliphatic carbocycles. The minimum atomic E-state index is -4.49. The molecule has 0 aromatic carbocycles. The van der Waals surface area contributed by atoms with Crippen molar-refractivity contribution in [2.75, 3.05) is 0 Å². The molecule has 0 N–H and O–H groups in total. The van der Waals surface area contributed by atoms with Crippen molar-refractivity contribution in [3.63, 3.8) is 0 Å². The van der Waals surface area contributed by atoms with Crippen molar-refractivity contribution in [1.82, 2.24) is 9.38 Å². The molecule has 16 heavy (non-hydrogen) atoms. The lowest BCUT2D eigenvalue weighted by Gasteiger charge is -2.09. The van der Waals surface area contributed by atoms with Crippen LogP contribution >= 0.6 is 27.5 Å². The van der Waals surface area contributed by atoms with E-state index in [9.17, 15) is 13.2 Å². The van der Waals surface area contributed by atoms with Crippen LogP contribution in [0.15, 0.2) is 29.0 Å². The molecular formula is C9H5BrClF3N2. The Hall–Kier alpha value is -0.750. The van der Waals surface area contributed by atoms with E-state index >= 15 is 0 Å². The Morgan fingerprint density at radius 2 is 2.12 bits per heavy atom. The zero-order chi connectivity index (χ0) is 11.9. The fourth-order valence-electron chi connectivity index (χ4n) is 1.29. The van der Waals surface area contributed by atoms with E-state index in [0.717, 1.165) is 0 Å². The van der Waals surface area contributed by atoms with E-state index in [2.05, 4.69) is 20.9 Å². The first kappa shape index (κ1) is 11.7. The van der Waals surface area contributed by atoms with E-state index in [0.29, 0.717) is 10.1 Å². The third-order valence-corrected chi connectivity index (χ3v) is 3.09. The molecule has 2 heterocycles. The number of halogens is 5. The van der Waals surface area contributed by atoms with Gasteiger partial charge in [-0.1, -0.05) is 0 Å². The van der Waals surface area contributed by atoms with Crippen LogP contribution in [0, 0.1) is 0 Å². The molecule has 2 nitrogen and oxygen atoms in total. The number of pyridine rings is 1. The highest BCUT2D eigenvalue weighted by Crippen LogP contribution is 2.37. The van der Waals surface area contributed by atoms with E-state index in [1.165, 1.54) is 10.6 Å². The van der Waals surface area contributed by atoms with Crippen molar-refractivity contribution >= 4 is 33.2 Å². The number of hydrogen-bond donors (Lipinski definition) is 0. The molecule has 0 radical (unpaired) electrons. The molecule has 86 valence electrons. The summed E-state index contributed by atoms with van der Waals surface area (Å²) in [7, 11) is 0. The molecule has 0 saturated heterocycles. The smallest absolute Gasteiger partial charge is 0.306 e. The maximum absolute atomic E-state index is 12.4. The Labute approximate surface area is 102 Å². The van der Waals surface area contributed by atoms with Crippen molar-refractivity contribution in [2.45, 2.75) is 11.6 Å². The van der Waals surface area contributed by atoms with Crippen LogP contribution in [0.1, 0.15) is 11.1 Å². The molecule has 0 saturated carbocycles. The lowest BCUT2D eigenvalue weighted by atomic mass is 10.3. The highest BCUT2D eigenvalue weighted by atomic mass is 79.9. The summed E-state index contributed by atoms with van der Waals surface area (Å²) in [5, 5.41) is -2.08. The van der Waals surface area contributed by atoms with Crippen LogP contribution in [-0.2, 0) is 0 Å². The molecule has 0 amide bonds. The summed E-state index contributed by atoms with van der Waals surface area (Å²) >= 11 is 8.49. The SMILES string of the molecule is FC(F)(F)C(Cl)c1cn2cccc(Br)c2n1. The average molecular weight is 314 g/mol. The lowest BCUT2D eigenvalue weighted by molar-refractivity contribution is -0.132. The fraction of sp³-hybridized carbons (Fsp3) is 0.222. The zero-order valence-electron chi connectivity index (χ0n) is 7.67. The molecule has 1 unspecified atom stereocenters. The average Bonchev–Trinajstić information content (AvgIpc) is 2.60. The first-order valence-corrected chi connectivity index (χ1v) is 5.46. The summed E-state index contributed by atoms with van der Waals surface area (Å²) in [6.45, 7) is 0. The number of hydrogen-bond acceptors (Lipinski definition) is 1. The van der Waals surface area contributed by atoms with Gasteiger partial charge in [0.25, 0.3) is 0 Å². The largest absolute Gasteiger partial charge is 0.410 e. The normalized spacial score (nSPS) is 14.3. The number of imidazole rings is 1. The van der Waals surface area contributed by atoms with Gasteiger partial charge in [-0.2, -0.15) is 13.2 Å². The Morgan fingerprint density at radius 3 is 2.69 bits per heavy atom. The molecule has 0 spiro atoms. The fourth-order valence-corrected chi connectivity index (χ4v) is 1.84. The summed E-state index contributed by atoms with van der Waals surface area (Å²) in [6, 6.07) is 3.39. The van der Waals surface area contributed by atoms with Gasteiger partial charge in [-0.05, 0) is 28.1 Å². The Morgan fingerprint density at radius 1 is 1.44 bits per heavy atom. The van der Waals surface area contributed by atoms with Gasteiger partial charge in [-0.25, -0.2) is 4.98 Å². The molecule has 2 aromatic heterocycles. The standard InChI is InChI=1S/C9H5BrClF3N2/c10-5-2-1-3-16-4-6(15-8(5)16)7(11)9(12,13)14/h1-4,7H. The van der Waals surface area contributed by atoms with E-state index < -0.39 is 11.6 Å². The van der Waals surface area contributed by atoms with Gasteiger partial charge >= 0.3 is 6.18 Å². The van der Waals surface area contributed by atoms with Crippen LogP contribution < -0.4 is 0 Å². The summed E-state index contributed by atoms with van der Waals surface area (Å²) in [6.07, 6.45) is -1.62. The van der Waals surface area contributed by atoms with E-state index in [-0.39, 0.29) is 5.69 Å². The predicted molar refractivity (Wildman–Crippen MR) is 57.5 cm³/mol. The Kier molecular flexibility index (Phi) is 2.88. The molecule has 0 bridgehead atoms. The molecule has 0 fully saturated rings. The third kappa shape index (κ3) is 2.04. The van der Waals surface area contributed by atoms with Gasteiger partial charge in [0.2, 0.25) is 0 Å². The first-order chi connectivity index (χ1) is 7.39. The van der Waals surface area contributed by atoms with Gasteiger partial charge in [0.15, 0.2) is 11.0 Å². The Balaban J connectivity index is 2.52. The zero-order valence-corrected chi connectivity index (χ0v) is 10.0. The van der Waals surface area contributed by atoms with E-state index in [1.54, 1.807) is 18.3 Å². The predicted octanol–water partition coefficient (Wildman–Crippen LogP) is 3.94.